The van der Waals surface area contributed by atoms with Crippen LogP contribution >= 0.6 is 11.3 Å². The molecular weight excluding hydrogens is 298 g/mol. The fourth-order valence-electron chi connectivity index (χ4n) is 2.37. The molecule has 4 nitrogen and oxygen atoms in total. The van der Waals surface area contributed by atoms with E-state index in [1.807, 2.05) is 35.0 Å². The van der Waals surface area contributed by atoms with Crippen LogP contribution in [-0.4, -0.2) is 13.1 Å². The van der Waals surface area contributed by atoms with Gasteiger partial charge in [-0.3, -0.25) is 0 Å². The molecule has 0 fully saturated rings. The Labute approximate surface area is 132 Å². The van der Waals surface area contributed by atoms with Crippen LogP contribution in [0.1, 0.15) is 13.8 Å². The van der Waals surface area contributed by atoms with Gasteiger partial charge in [-0.05, 0) is 43.5 Å². The van der Waals surface area contributed by atoms with Crippen molar-refractivity contribution < 1.29 is 9.15 Å². The Balaban J connectivity index is 2.00. The summed E-state index contributed by atoms with van der Waals surface area (Å²) in [7, 11) is 0. The minimum absolute atomic E-state index is 0.210. The lowest BCUT2D eigenvalue weighted by Crippen LogP contribution is -2.21. The van der Waals surface area contributed by atoms with E-state index in [2.05, 4.69) is 18.7 Å². The fourth-order valence-corrected chi connectivity index (χ4v) is 2.93. The van der Waals surface area contributed by atoms with Gasteiger partial charge < -0.3 is 14.1 Å². The second kappa shape index (κ2) is 6.23. The smallest absolute Gasteiger partial charge is 0.379 e. The Hall–Kier alpha value is -2.27. The van der Waals surface area contributed by atoms with E-state index in [0.29, 0.717) is 11.3 Å². The largest absolute Gasteiger partial charge is 0.449 e. The SMILES string of the molecule is CCN(CC)c1ccc2cc(Oc3ccsc3)c(=O)oc2c1. The summed E-state index contributed by atoms with van der Waals surface area (Å²) in [6.45, 7) is 6.01. The third-order valence-corrected chi connectivity index (χ3v) is 4.20. The van der Waals surface area contributed by atoms with Crippen molar-refractivity contribution in [1.82, 2.24) is 0 Å². The molecule has 0 aliphatic heterocycles. The van der Waals surface area contributed by atoms with E-state index in [4.69, 9.17) is 9.15 Å². The molecule has 0 aliphatic rings. The summed E-state index contributed by atoms with van der Waals surface area (Å²) >= 11 is 1.52. The van der Waals surface area contributed by atoms with E-state index in [0.717, 1.165) is 24.2 Å². The van der Waals surface area contributed by atoms with Crippen LogP contribution in [0.15, 0.2) is 50.3 Å². The number of ether oxygens (including phenoxy) is 1. The molecule has 114 valence electrons. The van der Waals surface area contributed by atoms with E-state index in [9.17, 15) is 4.79 Å². The number of anilines is 1. The molecule has 0 amide bonds. The highest BCUT2D eigenvalue weighted by Crippen LogP contribution is 2.26. The first kappa shape index (κ1) is 14.7. The van der Waals surface area contributed by atoms with Gasteiger partial charge in [0.05, 0.1) is 0 Å². The molecule has 0 N–H and O–H groups in total. The van der Waals surface area contributed by atoms with Crippen LogP contribution in [0.5, 0.6) is 11.5 Å². The maximum absolute atomic E-state index is 12.1. The van der Waals surface area contributed by atoms with E-state index in [1.54, 1.807) is 6.07 Å². The van der Waals surface area contributed by atoms with Crippen molar-refractivity contribution in [2.75, 3.05) is 18.0 Å². The van der Waals surface area contributed by atoms with Gasteiger partial charge in [0.25, 0.3) is 0 Å². The molecule has 3 aromatic rings. The van der Waals surface area contributed by atoms with Crippen LogP contribution in [0.25, 0.3) is 11.0 Å². The molecule has 3 rings (SSSR count). The van der Waals surface area contributed by atoms with Crippen LogP contribution in [0.3, 0.4) is 0 Å². The summed E-state index contributed by atoms with van der Waals surface area (Å²) < 4.78 is 11.0. The van der Waals surface area contributed by atoms with Crippen LogP contribution in [0, 0.1) is 0 Å². The molecule has 0 bridgehead atoms. The molecular formula is C17H17NO3S. The van der Waals surface area contributed by atoms with E-state index in [-0.39, 0.29) is 5.75 Å². The molecule has 2 heterocycles. The maximum Gasteiger partial charge on any atom is 0.379 e. The van der Waals surface area contributed by atoms with E-state index in [1.165, 1.54) is 11.3 Å². The highest BCUT2D eigenvalue weighted by molar-refractivity contribution is 7.08. The van der Waals surface area contributed by atoms with Crippen molar-refractivity contribution in [2.45, 2.75) is 13.8 Å². The summed E-state index contributed by atoms with van der Waals surface area (Å²) in [6.07, 6.45) is 0. The fraction of sp³-hybridized carbons (Fsp3) is 0.235. The summed E-state index contributed by atoms with van der Waals surface area (Å²) in [4.78, 5) is 14.3. The minimum atomic E-state index is -0.463. The monoisotopic (exact) mass is 315 g/mol. The minimum Gasteiger partial charge on any atom is -0.449 e. The number of thiophene rings is 1. The number of hydrogen-bond donors (Lipinski definition) is 0. The van der Waals surface area contributed by atoms with Crippen molar-refractivity contribution in [3.63, 3.8) is 0 Å². The molecule has 0 aliphatic carbocycles. The predicted molar refractivity (Wildman–Crippen MR) is 90.4 cm³/mol. The zero-order valence-electron chi connectivity index (χ0n) is 12.5. The van der Waals surface area contributed by atoms with Gasteiger partial charge in [0.2, 0.25) is 5.75 Å². The van der Waals surface area contributed by atoms with Crippen molar-refractivity contribution in [1.29, 1.82) is 0 Å². The second-order valence-corrected chi connectivity index (χ2v) is 5.63. The Kier molecular flexibility index (Phi) is 4.15. The van der Waals surface area contributed by atoms with Gasteiger partial charge in [0.15, 0.2) is 0 Å². The molecule has 0 saturated heterocycles. The lowest BCUT2D eigenvalue weighted by molar-refractivity contribution is 0.439. The standard InChI is InChI=1S/C17H17NO3S/c1-3-18(4-2)13-6-5-12-9-16(17(19)21-15(12)10-13)20-14-7-8-22-11-14/h5-11H,3-4H2,1-2H3. The van der Waals surface area contributed by atoms with E-state index >= 15 is 0 Å². The quantitative estimate of drug-likeness (QED) is 0.650. The molecule has 22 heavy (non-hydrogen) atoms. The third kappa shape index (κ3) is 2.85. The topological polar surface area (TPSA) is 42.7 Å². The van der Waals surface area contributed by atoms with Crippen molar-refractivity contribution >= 4 is 28.0 Å². The summed E-state index contributed by atoms with van der Waals surface area (Å²) in [6, 6.07) is 9.43. The predicted octanol–water partition coefficient (Wildman–Crippen LogP) is 4.49. The third-order valence-electron chi connectivity index (χ3n) is 3.54. The second-order valence-electron chi connectivity index (χ2n) is 4.85. The lowest BCUT2D eigenvalue weighted by Gasteiger charge is -2.20. The zero-order valence-corrected chi connectivity index (χ0v) is 13.4. The first-order valence-corrected chi connectivity index (χ1v) is 8.18. The number of rotatable bonds is 5. The van der Waals surface area contributed by atoms with Crippen molar-refractivity contribution in [3.8, 4) is 11.5 Å². The Bertz CT molecular complexity index is 820. The van der Waals surface area contributed by atoms with Gasteiger partial charge in [-0.1, -0.05) is 0 Å². The van der Waals surface area contributed by atoms with Gasteiger partial charge in [-0.25, -0.2) is 4.79 Å². The first-order chi connectivity index (χ1) is 10.7. The number of hydrogen-bond acceptors (Lipinski definition) is 5. The number of nitrogens with zero attached hydrogens (tertiary/aromatic N) is 1. The Morgan fingerprint density at radius 2 is 2.00 bits per heavy atom. The highest BCUT2D eigenvalue weighted by atomic mass is 32.1. The molecule has 1 aromatic carbocycles. The molecule has 0 radical (unpaired) electrons. The molecule has 0 spiro atoms. The molecule has 0 atom stereocenters. The maximum atomic E-state index is 12.1. The molecule has 0 saturated carbocycles. The van der Waals surface area contributed by atoms with Gasteiger partial charge in [0, 0.05) is 35.6 Å². The van der Waals surface area contributed by atoms with Gasteiger partial charge in [-0.15, -0.1) is 11.3 Å². The van der Waals surface area contributed by atoms with Gasteiger partial charge in [-0.2, -0.15) is 0 Å². The normalized spacial score (nSPS) is 10.8. The zero-order chi connectivity index (χ0) is 15.5. The molecule has 0 unspecified atom stereocenters. The Morgan fingerprint density at radius 3 is 2.68 bits per heavy atom. The van der Waals surface area contributed by atoms with Crippen molar-refractivity contribution in [2.24, 2.45) is 0 Å². The van der Waals surface area contributed by atoms with E-state index < -0.39 is 5.63 Å². The van der Waals surface area contributed by atoms with Crippen LogP contribution in [0.4, 0.5) is 5.69 Å². The summed E-state index contributed by atoms with van der Waals surface area (Å²) in [5.41, 5.74) is 1.16. The average molecular weight is 315 g/mol. The van der Waals surface area contributed by atoms with Gasteiger partial charge >= 0.3 is 5.63 Å². The summed E-state index contributed by atoms with van der Waals surface area (Å²) in [5, 5.41) is 4.59. The number of benzene rings is 1. The van der Waals surface area contributed by atoms with Crippen LogP contribution in [0.2, 0.25) is 0 Å². The summed E-state index contributed by atoms with van der Waals surface area (Å²) in [5.74, 6) is 0.859. The number of fused-ring (bicyclic) bond motifs is 1. The van der Waals surface area contributed by atoms with Crippen LogP contribution in [-0.2, 0) is 0 Å². The highest BCUT2D eigenvalue weighted by Gasteiger charge is 2.10. The first-order valence-electron chi connectivity index (χ1n) is 7.24. The molecule has 5 heteroatoms. The Morgan fingerprint density at radius 1 is 1.18 bits per heavy atom. The van der Waals surface area contributed by atoms with Gasteiger partial charge in [0.1, 0.15) is 11.3 Å². The molecule has 2 aromatic heterocycles. The van der Waals surface area contributed by atoms with Crippen LogP contribution < -0.4 is 15.3 Å². The average Bonchev–Trinajstić information content (AvgIpc) is 3.02. The lowest BCUT2D eigenvalue weighted by atomic mass is 10.2. The van der Waals surface area contributed by atoms with Crippen molar-refractivity contribution in [3.05, 3.63) is 51.5 Å².